The molecule has 24 heavy (non-hydrogen) atoms. The second-order valence-electron chi connectivity index (χ2n) is 6.59. The van der Waals surface area contributed by atoms with E-state index in [0.717, 1.165) is 29.6 Å². The van der Waals surface area contributed by atoms with Crippen LogP contribution in [0.5, 0.6) is 0 Å². The van der Waals surface area contributed by atoms with Gasteiger partial charge in [-0.2, -0.15) is 8.75 Å². The van der Waals surface area contributed by atoms with Gasteiger partial charge in [0.25, 0.3) is 0 Å². The first-order valence-electron chi connectivity index (χ1n) is 8.54. The summed E-state index contributed by atoms with van der Waals surface area (Å²) in [5.74, 6) is 0. The van der Waals surface area contributed by atoms with Gasteiger partial charge in [0.05, 0.1) is 11.7 Å². The molecule has 2 amide bonds. The number of aromatic nitrogens is 2. The summed E-state index contributed by atoms with van der Waals surface area (Å²) < 4.78 is 8.45. The summed E-state index contributed by atoms with van der Waals surface area (Å²) in [5, 5.41) is 3.04. The molecule has 1 atom stereocenters. The second kappa shape index (κ2) is 7.90. The molecule has 1 unspecified atom stereocenters. The van der Waals surface area contributed by atoms with Crippen LogP contribution in [-0.4, -0.2) is 57.8 Å². The van der Waals surface area contributed by atoms with Crippen LogP contribution in [0.4, 0.5) is 4.79 Å². The van der Waals surface area contributed by atoms with Crippen molar-refractivity contribution in [3.63, 3.8) is 0 Å². The lowest BCUT2D eigenvalue weighted by molar-refractivity contribution is 0.172. The van der Waals surface area contributed by atoms with E-state index >= 15 is 0 Å². The number of benzene rings is 1. The van der Waals surface area contributed by atoms with Crippen LogP contribution in [0.1, 0.15) is 31.2 Å². The van der Waals surface area contributed by atoms with Crippen LogP contribution < -0.4 is 5.32 Å². The summed E-state index contributed by atoms with van der Waals surface area (Å²) in [5.41, 5.74) is 2.87. The molecule has 1 aromatic heterocycles. The maximum absolute atomic E-state index is 12.3. The fourth-order valence-electron chi connectivity index (χ4n) is 3.26. The molecule has 1 N–H and O–H groups in total. The number of carbonyl (C=O) groups is 1. The molecule has 1 aromatic carbocycles. The molecule has 130 valence electrons. The van der Waals surface area contributed by atoms with Gasteiger partial charge in [-0.05, 0) is 50.6 Å². The highest BCUT2D eigenvalue weighted by atomic mass is 32.1. The van der Waals surface area contributed by atoms with Crippen LogP contribution in [0.25, 0.3) is 11.0 Å². The molecule has 1 saturated heterocycles. The molecular weight excluding hydrogens is 322 g/mol. The Morgan fingerprint density at radius 3 is 3.04 bits per heavy atom. The summed E-state index contributed by atoms with van der Waals surface area (Å²) in [7, 11) is 4.01. The number of nitrogens with zero attached hydrogens (tertiary/aromatic N) is 4. The lowest BCUT2D eigenvalue weighted by Gasteiger charge is -2.32. The third-order valence-electron chi connectivity index (χ3n) is 4.76. The minimum atomic E-state index is -0.0232. The van der Waals surface area contributed by atoms with E-state index < -0.39 is 0 Å². The van der Waals surface area contributed by atoms with Crippen molar-refractivity contribution in [3.8, 4) is 0 Å². The number of hydrogen-bond acceptors (Lipinski definition) is 5. The van der Waals surface area contributed by atoms with Crippen molar-refractivity contribution in [2.45, 2.75) is 38.3 Å². The van der Waals surface area contributed by atoms with Crippen LogP contribution in [0.2, 0.25) is 0 Å². The molecule has 0 saturated carbocycles. The largest absolute Gasteiger partial charge is 0.338 e. The van der Waals surface area contributed by atoms with Crippen molar-refractivity contribution in [3.05, 3.63) is 23.8 Å². The zero-order valence-electron chi connectivity index (χ0n) is 14.4. The van der Waals surface area contributed by atoms with Crippen molar-refractivity contribution >= 4 is 28.8 Å². The Bertz CT molecular complexity index is 688. The van der Waals surface area contributed by atoms with E-state index in [0.29, 0.717) is 12.6 Å². The highest BCUT2D eigenvalue weighted by Crippen LogP contribution is 2.17. The smallest absolute Gasteiger partial charge is 0.317 e. The molecule has 1 aliphatic rings. The number of nitrogens with one attached hydrogen (secondary N) is 1. The SMILES string of the molecule is CN(Cc1ccc2nsnc2c1)C(=O)NCCC1CCCCN1C. The summed E-state index contributed by atoms with van der Waals surface area (Å²) >= 11 is 1.21. The molecule has 6 nitrogen and oxygen atoms in total. The van der Waals surface area contributed by atoms with Gasteiger partial charge in [0.15, 0.2) is 0 Å². The highest BCUT2D eigenvalue weighted by Gasteiger charge is 2.19. The fraction of sp³-hybridized carbons (Fsp3) is 0.588. The van der Waals surface area contributed by atoms with Gasteiger partial charge in [-0.1, -0.05) is 12.5 Å². The van der Waals surface area contributed by atoms with Crippen molar-refractivity contribution < 1.29 is 4.79 Å². The highest BCUT2D eigenvalue weighted by molar-refractivity contribution is 7.00. The van der Waals surface area contributed by atoms with Gasteiger partial charge < -0.3 is 15.1 Å². The van der Waals surface area contributed by atoms with Crippen molar-refractivity contribution in [1.29, 1.82) is 0 Å². The summed E-state index contributed by atoms with van der Waals surface area (Å²) in [6.45, 7) is 2.47. The number of carbonyl (C=O) groups excluding carboxylic acids is 1. The van der Waals surface area contributed by atoms with Crippen LogP contribution >= 0.6 is 11.7 Å². The minimum absolute atomic E-state index is 0.0232. The first-order valence-corrected chi connectivity index (χ1v) is 9.27. The first kappa shape index (κ1) is 17.1. The average Bonchev–Trinajstić information content (AvgIpc) is 3.04. The van der Waals surface area contributed by atoms with Crippen LogP contribution in [-0.2, 0) is 6.54 Å². The Kier molecular flexibility index (Phi) is 5.63. The van der Waals surface area contributed by atoms with Gasteiger partial charge in [-0.25, -0.2) is 4.79 Å². The first-order chi connectivity index (χ1) is 11.6. The third-order valence-corrected chi connectivity index (χ3v) is 5.32. The monoisotopic (exact) mass is 347 g/mol. The Labute approximate surface area is 147 Å². The zero-order valence-corrected chi connectivity index (χ0v) is 15.2. The van der Waals surface area contributed by atoms with Gasteiger partial charge in [-0.3, -0.25) is 0 Å². The van der Waals surface area contributed by atoms with Crippen molar-refractivity contribution in [2.24, 2.45) is 0 Å². The van der Waals surface area contributed by atoms with E-state index in [1.165, 1.54) is 37.5 Å². The van der Waals surface area contributed by atoms with Crippen LogP contribution in [0.3, 0.4) is 0 Å². The topological polar surface area (TPSA) is 61.4 Å². The van der Waals surface area contributed by atoms with Gasteiger partial charge in [0.2, 0.25) is 0 Å². The number of likely N-dealkylation sites (tertiary alicyclic amines) is 1. The fourth-order valence-corrected chi connectivity index (χ4v) is 3.78. The zero-order chi connectivity index (χ0) is 16.9. The Morgan fingerprint density at radius 2 is 2.21 bits per heavy atom. The van der Waals surface area contributed by atoms with E-state index in [4.69, 9.17) is 0 Å². The Balaban J connectivity index is 1.45. The maximum Gasteiger partial charge on any atom is 0.317 e. The number of urea groups is 1. The van der Waals surface area contributed by atoms with Crippen molar-refractivity contribution in [2.75, 3.05) is 27.2 Å². The van der Waals surface area contributed by atoms with Crippen LogP contribution in [0, 0.1) is 0 Å². The molecule has 2 aromatic rings. The van der Waals surface area contributed by atoms with Gasteiger partial charge >= 0.3 is 6.03 Å². The quantitative estimate of drug-likeness (QED) is 0.903. The molecule has 2 heterocycles. The number of piperidine rings is 1. The molecule has 0 aliphatic carbocycles. The predicted octanol–water partition coefficient (Wildman–Crippen LogP) is 2.71. The Morgan fingerprint density at radius 1 is 1.38 bits per heavy atom. The molecule has 0 bridgehead atoms. The number of fused-ring (bicyclic) bond motifs is 1. The third kappa shape index (κ3) is 4.21. The van der Waals surface area contributed by atoms with E-state index in [1.807, 2.05) is 25.2 Å². The Hall–Kier alpha value is -1.73. The summed E-state index contributed by atoms with van der Waals surface area (Å²) in [4.78, 5) is 16.4. The standard InChI is InChI=1S/C17H25N5OS/c1-21-10-4-3-5-14(21)8-9-18-17(23)22(2)12-13-6-7-15-16(11-13)20-24-19-15/h6-7,11,14H,3-5,8-10,12H2,1-2H3,(H,18,23). The second-order valence-corrected chi connectivity index (χ2v) is 7.12. The molecule has 0 spiro atoms. The number of hydrogen-bond donors (Lipinski definition) is 1. The minimum Gasteiger partial charge on any atom is -0.338 e. The van der Waals surface area contributed by atoms with E-state index in [9.17, 15) is 4.79 Å². The molecule has 7 heteroatoms. The van der Waals surface area contributed by atoms with E-state index in [-0.39, 0.29) is 6.03 Å². The number of rotatable bonds is 5. The number of amides is 2. The molecule has 1 fully saturated rings. The van der Waals surface area contributed by atoms with Gasteiger partial charge in [-0.15, -0.1) is 0 Å². The molecular formula is C17H25N5OS. The average molecular weight is 347 g/mol. The van der Waals surface area contributed by atoms with E-state index in [1.54, 1.807) is 4.90 Å². The lowest BCUT2D eigenvalue weighted by atomic mass is 10.0. The summed E-state index contributed by atoms with van der Waals surface area (Å²) in [6, 6.07) is 6.54. The normalized spacial score (nSPS) is 18.7. The summed E-state index contributed by atoms with van der Waals surface area (Å²) in [6.07, 6.45) is 4.86. The molecule has 3 rings (SSSR count). The van der Waals surface area contributed by atoms with Gasteiger partial charge in [0.1, 0.15) is 11.0 Å². The van der Waals surface area contributed by atoms with Crippen LogP contribution in [0.15, 0.2) is 18.2 Å². The van der Waals surface area contributed by atoms with E-state index in [2.05, 4.69) is 26.0 Å². The molecule has 1 aliphatic heterocycles. The van der Waals surface area contributed by atoms with Gasteiger partial charge in [0, 0.05) is 26.2 Å². The van der Waals surface area contributed by atoms with Crippen molar-refractivity contribution in [1.82, 2.24) is 23.9 Å². The lowest BCUT2D eigenvalue weighted by Crippen LogP contribution is -2.41. The predicted molar refractivity (Wildman–Crippen MR) is 97.2 cm³/mol. The maximum atomic E-state index is 12.3. The molecule has 0 radical (unpaired) electrons.